The smallest absolute Gasteiger partial charge is 0.0965 e. The first kappa shape index (κ1) is 16.9. The predicted octanol–water partition coefficient (Wildman–Crippen LogP) is 2.06. The highest BCUT2D eigenvalue weighted by molar-refractivity contribution is 4.93. The molecule has 0 bridgehead atoms. The third-order valence-electron chi connectivity index (χ3n) is 3.04. The van der Waals surface area contributed by atoms with E-state index in [4.69, 9.17) is 0 Å². The first-order valence-corrected chi connectivity index (χ1v) is 7.34. The molecule has 0 radical (unpaired) electrons. The Bertz CT molecular complexity index is 391. The van der Waals surface area contributed by atoms with E-state index in [0.29, 0.717) is 0 Å². The summed E-state index contributed by atoms with van der Waals surface area (Å²) in [6.07, 6.45) is 6.24. The molecule has 1 aromatic rings. The van der Waals surface area contributed by atoms with E-state index in [1.54, 1.807) is 0 Å². The van der Waals surface area contributed by atoms with Crippen molar-refractivity contribution in [2.75, 3.05) is 20.1 Å². The van der Waals surface area contributed by atoms with Crippen LogP contribution in [0.1, 0.15) is 39.3 Å². The average molecular weight is 279 g/mol. The molecule has 5 nitrogen and oxygen atoms in total. The molecular weight excluding hydrogens is 250 g/mol. The van der Waals surface area contributed by atoms with Gasteiger partial charge in [0.2, 0.25) is 0 Å². The Morgan fingerprint density at radius 3 is 2.80 bits per heavy atom. The summed E-state index contributed by atoms with van der Waals surface area (Å²) in [6, 6.07) is 0. The lowest BCUT2D eigenvalue weighted by molar-refractivity contribution is 0.308. The number of nitrogens with one attached hydrogen (secondary N) is 1. The van der Waals surface area contributed by atoms with Crippen LogP contribution in [0.25, 0.3) is 0 Å². The van der Waals surface area contributed by atoms with Crippen molar-refractivity contribution in [1.82, 2.24) is 25.2 Å². The van der Waals surface area contributed by atoms with Crippen molar-refractivity contribution in [3.63, 3.8) is 0 Å². The number of rotatable bonds is 9. The average Bonchev–Trinajstić information content (AvgIpc) is 2.81. The van der Waals surface area contributed by atoms with Gasteiger partial charge in [-0.05, 0) is 47.2 Å². The Hall–Kier alpha value is -1.20. The minimum Gasteiger partial charge on any atom is -0.306 e. The van der Waals surface area contributed by atoms with Gasteiger partial charge < -0.3 is 10.2 Å². The van der Waals surface area contributed by atoms with E-state index in [1.807, 2.05) is 17.0 Å². The van der Waals surface area contributed by atoms with Crippen LogP contribution in [0.4, 0.5) is 0 Å². The summed E-state index contributed by atoms with van der Waals surface area (Å²) >= 11 is 0. The summed E-state index contributed by atoms with van der Waals surface area (Å²) < 4.78 is 1.92. The number of likely N-dealkylation sites (N-methyl/N-ethyl adjacent to an activating group) is 1. The summed E-state index contributed by atoms with van der Waals surface area (Å²) in [5.74, 6) is 0. The fourth-order valence-corrected chi connectivity index (χ4v) is 1.78. The van der Waals surface area contributed by atoms with Gasteiger partial charge >= 0.3 is 0 Å². The van der Waals surface area contributed by atoms with E-state index in [9.17, 15) is 0 Å². The van der Waals surface area contributed by atoms with Gasteiger partial charge in [0, 0.05) is 24.8 Å². The summed E-state index contributed by atoms with van der Waals surface area (Å²) in [4.78, 5) is 2.32. The van der Waals surface area contributed by atoms with Crippen LogP contribution in [-0.4, -0.2) is 45.6 Å². The molecule has 0 spiro atoms. The fraction of sp³-hybridized carbons (Fsp3) is 0.733. The lowest BCUT2D eigenvalue weighted by Crippen LogP contribution is -2.35. The maximum Gasteiger partial charge on any atom is 0.0965 e. The fourth-order valence-electron chi connectivity index (χ4n) is 1.78. The van der Waals surface area contributed by atoms with Crippen molar-refractivity contribution < 1.29 is 0 Å². The maximum atomic E-state index is 4.19. The van der Waals surface area contributed by atoms with Crippen LogP contribution in [0.5, 0.6) is 0 Å². The van der Waals surface area contributed by atoms with Crippen LogP contribution in [0, 0.1) is 0 Å². The standard InChI is InChI=1S/C15H29N5/c1-6-7-8-9-19(5)10-11-20-13-14(17-18-20)12-16-15(2,3)4/h6,13,16H,1,7-12H2,2-5H3. The van der Waals surface area contributed by atoms with Gasteiger partial charge in [0.15, 0.2) is 0 Å². The molecule has 1 heterocycles. The van der Waals surface area contributed by atoms with E-state index in [0.717, 1.165) is 44.7 Å². The minimum absolute atomic E-state index is 0.106. The molecule has 114 valence electrons. The second-order valence-electron chi connectivity index (χ2n) is 6.31. The molecule has 0 atom stereocenters. The Morgan fingerprint density at radius 2 is 2.15 bits per heavy atom. The SMILES string of the molecule is C=CCCCN(C)CCn1cc(CNC(C)(C)C)nn1. The molecule has 1 aromatic heterocycles. The first-order chi connectivity index (χ1) is 9.40. The van der Waals surface area contributed by atoms with Crippen LogP contribution in [0.15, 0.2) is 18.9 Å². The van der Waals surface area contributed by atoms with Gasteiger partial charge in [-0.2, -0.15) is 0 Å². The van der Waals surface area contributed by atoms with Crippen molar-refractivity contribution in [2.24, 2.45) is 0 Å². The third kappa shape index (κ3) is 7.40. The molecule has 0 saturated heterocycles. The molecular formula is C15H29N5. The molecule has 0 aliphatic rings. The molecule has 0 amide bonds. The van der Waals surface area contributed by atoms with E-state index in [2.05, 4.69) is 54.9 Å². The summed E-state index contributed by atoms with van der Waals surface area (Å²) in [7, 11) is 2.14. The van der Waals surface area contributed by atoms with E-state index in [1.165, 1.54) is 0 Å². The van der Waals surface area contributed by atoms with Crippen molar-refractivity contribution >= 4 is 0 Å². The normalized spacial score (nSPS) is 12.1. The maximum absolute atomic E-state index is 4.19. The lowest BCUT2D eigenvalue weighted by Gasteiger charge is -2.19. The summed E-state index contributed by atoms with van der Waals surface area (Å²) in [6.45, 7) is 13.9. The minimum atomic E-state index is 0.106. The third-order valence-corrected chi connectivity index (χ3v) is 3.04. The number of aromatic nitrogens is 3. The number of allylic oxidation sites excluding steroid dienone is 1. The molecule has 1 N–H and O–H groups in total. The van der Waals surface area contributed by atoms with Crippen molar-refractivity contribution in [3.05, 3.63) is 24.5 Å². The Kier molecular flexibility index (Phi) is 6.88. The monoisotopic (exact) mass is 279 g/mol. The Balaban J connectivity index is 2.27. The van der Waals surface area contributed by atoms with Crippen LogP contribution >= 0.6 is 0 Å². The zero-order valence-electron chi connectivity index (χ0n) is 13.4. The van der Waals surface area contributed by atoms with Gasteiger partial charge in [-0.1, -0.05) is 11.3 Å². The molecule has 0 fully saturated rings. The van der Waals surface area contributed by atoms with Crippen LogP contribution < -0.4 is 5.32 Å². The molecule has 0 aliphatic carbocycles. The highest BCUT2D eigenvalue weighted by Crippen LogP contribution is 2.02. The molecule has 0 aliphatic heterocycles. The van der Waals surface area contributed by atoms with Crippen molar-refractivity contribution in [2.45, 2.75) is 52.2 Å². The van der Waals surface area contributed by atoms with Crippen molar-refractivity contribution in [1.29, 1.82) is 0 Å². The van der Waals surface area contributed by atoms with E-state index < -0.39 is 0 Å². The number of nitrogens with zero attached hydrogens (tertiary/aromatic N) is 4. The molecule has 1 rings (SSSR count). The topological polar surface area (TPSA) is 46.0 Å². The van der Waals surface area contributed by atoms with Gasteiger partial charge in [-0.3, -0.25) is 4.68 Å². The van der Waals surface area contributed by atoms with Gasteiger partial charge in [0.25, 0.3) is 0 Å². The molecule has 0 unspecified atom stereocenters. The summed E-state index contributed by atoms with van der Waals surface area (Å²) in [5.41, 5.74) is 1.10. The zero-order chi connectivity index (χ0) is 15.0. The van der Waals surface area contributed by atoms with Crippen molar-refractivity contribution in [3.8, 4) is 0 Å². The zero-order valence-corrected chi connectivity index (χ0v) is 13.4. The largest absolute Gasteiger partial charge is 0.306 e. The quantitative estimate of drug-likeness (QED) is 0.555. The molecule has 0 saturated carbocycles. The highest BCUT2D eigenvalue weighted by Gasteiger charge is 2.10. The number of hydrogen-bond donors (Lipinski definition) is 1. The van der Waals surface area contributed by atoms with Gasteiger partial charge in [0.1, 0.15) is 0 Å². The molecule has 5 heteroatoms. The lowest BCUT2D eigenvalue weighted by atomic mass is 10.1. The van der Waals surface area contributed by atoms with Crippen LogP contribution in [0.3, 0.4) is 0 Å². The van der Waals surface area contributed by atoms with Crippen LogP contribution in [-0.2, 0) is 13.1 Å². The van der Waals surface area contributed by atoms with E-state index >= 15 is 0 Å². The van der Waals surface area contributed by atoms with E-state index in [-0.39, 0.29) is 5.54 Å². The summed E-state index contributed by atoms with van der Waals surface area (Å²) in [5, 5.41) is 11.8. The van der Waals surface area contributed by atoms with Gasteiger partial charge in [-0.25, -0.2) is 0 Å². The second-order valence-corrected chi connectivity index (χ2v) is 6.31. The highest BCUT2D eigenvalue weighted by atomic mass is 15.4. The molecule has 20 heavy (non-hydrogen) atoms. The van der Waals surface area contributed by atoms with Gasteiger partial charge in [-0.15, -0.1) is 11.7 Å². The first-order valence-electron chi connectivity index (χ1n) is 7.34. The van der Waals surface area contributed by atoms with Crippen LogP contribution in [0.2, 0.25) is 0 Å². The number of unbranched alkanes of at least 4 members (excludes halogenated alkanes) is 1. The Morgan fingerprint density at radius 1 is 1.40 bits per heavy atom. The number of hydrogen-bond acceptors (Lipinski definition) is 4. The Labute approximate surface area is 123 Å². The second kappa shape index (κ2) is 8.17. The molecule has 0 aromatic carbocycles. The predicted molar refractivity (Wildman–Crippen MR) is 83.5 cm³/mol. The van der Waals surface area contributed by atoms with Gasteiger partial charge in [0.05, 0.1) is 12.2 Å².